The second kappa shape index (κ2) is 6.47. The number of carboxylic acid groups (broad SMARTS) is 1. The Balaban J connectivity index is 2.48. The van der Waals surface area contributed by atoms with E-state index in [0.29, 0.717) is 17.7 Å². The Bertz CT molecular complexity index is 742. The van der Waals surface area contributed by atoms with E-state index in [1.54, 1.807) is 12.1 Å². The largest absolute Gasteiger partial charge is 0.545 e. The predicted molar refractivity (Wildman–Crippen MR) is 75.6 cm³/mol. The SMILES string of the molecule is O=C([O-])c1cc([N+](=O)[O-])cc([N+](=O)[O-])c1NCc1cccnc1. The molecule has 118 valence electrons. The van der Waals surface area contributed by atoms with Crippen molar-refractivity contribution in [3.8, 4) is 0 Å². The summed E-state index contributed by atoms with van der Waals surface area (Å²) in [6.07, 6.45) is 3.02. The Hall–Kier alpha value is -3.56. The molecule has 1 N–H and O–H groups in total. The van der Waals surface area contributed by atoms with Crippen LogP contribution in [0.15, 0.2) is 36.7 Å². The Morgan fingerprint density at radius 2 is 1.96 bits per heavy atom. The number of non-ortho nitro benzene ring substituents is 1. The van der Waals surface area contributed by atoms with Gasteiger partial charge in [-0.2, -0.15) is 0 Å². The first-order chi connectivity index (χ1) is 10.9. The van der Waals surface area contributed by atoms with Gasteiger partial charge in [-0.05, 0) is 11.6 Å². The second-order valence-corrected chi connectivity index (χ2v) is 4.40. The lowest BCUT2D eigenvalue weighted by atomic mass is 10.1. The van der Waals surface area contributed by atoms with Crippen molar-refractivity contribution < 1.29 is 19.7 Å². The van der Waals surface area contributed by atoms with E-state index in [4.69, 9.17) is 0 Å². The highest BCUT2D eigenvalue weighted by atomic mass is 16.6. The summed E-state index contributed by atoms with van der Waals surface area (Å²) in [5.74, 6) is -1.76. The Kier molecular flexibility index (Phi) is 4.45. The van der Waals surface area contributed by atoms with Crippen LogP contribution in [0.3, 0.4) is 0 Å². The maximum Gasteiger partial charge on any atom is 0.299 e. The van der Waals surface area contributed by atoms with E-state index in [1.165, 1.54) is 12.4 Å². The fourth-order valence-electron chi connectivity index (χ4n) is 1.90. The molecule has 0 radical (unpaired) electrons. The lowest BCUT2D eigenvalue weighted by Gasteiger charge is -2.13. The summed E-state index contributed by atoms with van der Waals surface area (Å²) in [7, 11) is 0. The van der Waals surface area contributed by atoms with Crippen LogP contribution in [0.25, 0.3) is 0 Å². The molecular weight excluding hydrogens is 308 g/mol. The molecule has 0 bridgehead atoms. The molecule has 0 saturated heterocycles. The van der Waals surface area contributed by atoms with E-state index < -0.39 is 32.8 Å². The lowest BCUT2D eigenvalue weighted by Crippen LogP contribution is -2.24. The van der Waals surface area contributed by atoms with Crippen molar-refractivity contribution in [1.82, 2.24) is 4.98 Å². The van der Waals surface area contributed by atoms with Crippen LogP contribution in [0.2, 0.25) is 0 Å². The Labute approximate surface area is 128 Å². The van der Waals surface area contributed by atoms with E-state index in [1.807, 2.05) is 0 Å². The van der Waals surface area contributed by atoms with Crippen molar-refractivity contribution in [1.29, 1.82) is 0 Å². The number of nitrogens with one attached hydrogen (secondary N) is 1. The first kappa shape index (κ1) is 15.8. The number of aromatic carboxylic acids is 1. The van der Waals surface area contributed by atoms with Crippen LogP contribution in [0.5, 0.6) is 0 Å². The number of carbonyl (C=O) groups is 1. The number of anilines is 1. The molecule has 1 aromatic carbocycles. The highest BCUT2D eigenvalue weighted by Crippen LogP contribution is 2.33. The number of hydrogen-bond acceptors (Lipinski definition) is 8. The molecule has 1 heterocycles. The second-order valence-electron chi connectivity index (χ2n) is 4.40. The average molecular weight is 317 g/mol. The summed E-state index contributed by atoms with van der Waals surface area (Å²) in [5.41, 5.74) is -1.80. The number of nitro benzene ring substituents is 2. The number of nitro groups is 2. The zero-order chi connectivity index (χ0) is 17.0. The molecule has 2 rings (SSSR count). The average Bonchev–Trinajstić information content (AvgIpc) is 2.52. The molecule has 0 aliphatic carbocycles. The summed E-state index contributed by atoms with van der Waals surface area (Å²) in [5, 5.41) is 35.7. The number of carboxylic acids is 1. The van der Waals surface area contributed by atoms with Gasteiger partial charge in [0.05, 0.1) is 21.9 Å². The molecule has 0 unspecified atom stereocenters. The minimum absolute atomic E-state index is 0.0484. The fourth-order valence-corrected chi connectivity index (χ4v) is 1.90. The van der Waals surface area contributed by atoms with Crippen molar-refractivity contribution in [3.05, 3.63) is 68.0 Å². The normalized spacial score (nSPS) is 10.1. The van der Waals surface area contributed by atoms with Gasteiger partial charge in [0.15, 0.2) is 0 Å². The smallest absolute Gasteiger partial charge is 0.299 e. The topological polar surface area (TPSA) is 151 Å². The van der Waals surface area contributed by atoms with Crippen molar-refractivity contribution >= 4 is 23.0 Å². The number of hydrogen-bond donors (Lipinski definition) is 1. The minimum Gasteiger partial charge on any atom is -0.545 e. The monoisotopic (exact) mass is 317 g/mol. The van der Waals surface area contributed by atoms with Gasteiger partial charge in [0.1, 0.15) is 5.69 Å². The van der Waals surface area contributed by atoms with Gasteiger partial charge in [-0.3, -0.25) is 25.2 Å². The molecule has 23 heavy (non-hydrogen) atoms. The van der Waals surface area contributed by atoms with Gasteiger partial charge in [0, 0.05) is 30.6 Å². The zero-order valence-electron chi connectivity index (χ0n) is 11.5. The molecule has 0 aliphatic heterocycles. The maximum absolute atomic E-state index is 11.2. The molecule has 0 amide bonds. The van der Waals surface area contributed by atoms with Gasteiger partial charge in [-0.25, -0.2) is 0 Å². The first-order valence-electron chi connectivity index (χ1n) is 6.21. The van der Waals surface area contributed by atoms with Crippen LogP contribution in [0, 0.1) is 20.2 Å². The van der Waals surface area contributed by atoms with Gasteiger partial charge in [0.25, 0.3) is 11.4 Å². The van der Waals surface area contributed by atoms with E-state index in [2.05, 4.69) is 10.3 Å². The molecule has 10 heteroatoms. The van der Waals surface area contributed by atoms with Crippen molar-refractivity contribution in [2.45, 2.75) is 6.54 Å². The third-order valence-corrected chi connectivity index (χ3v) is 2.92. The number of carbonyl (C=O) groups excluding carboxylic acids is 1. The van der Waals surface area contributed by atoms with Crippen LogP contribution in [0.4, 0.5) is 17.1 Å². The maximum atomic E-state index is 11.2. The lowest BCUT2D eigenvalue weighted by molar-refractivity contribution is -0.393. The molecular formula is C13H9N4O6-. The van der Waals surface area contributed by atoms with Crippen LogP contribution in [-0.2, 0) is 6.54 Å². The van der Waals surface area contributed by atoms with Crippen LogP contribution >= 0.6 is 0 Å². The first-order valence-corrected chi connectivity index (χ1v) is 6.21. The summed E-state index contributed by atoms with van der Waals surface area (Å²) in [6.45, 7) is 0.0484. The quantitative estimate of drug-likeness (QED) is 0.608. The van der Waals surface area contributed by atoms with Crippen LogP contribution < -0.4 is 10.4 Å². The van der Waals surface area contributed by atoms with Crippen molar-refractivity contribution in [3.63, 3.8) is 0 Å². The number of benzene rings is 1. The molecule has 10 nitrogen and oxygen atoms in total. The van der Waals surface area contributed by atoms with Gasteiger partial charge in [0.2, 0.25) is 0 Å². The van der Waals surface area contributed by atoms with E-state index in [9.17, 15) is 30.1 Å². The predicted octanol–water partition coefficient (Wildman–Crippen LogP) is 0.874. The minimum atomic E-state index is -1.76. The molecule has 0 atom stereocenters. The zero-order valence-corrected chi connectivity index (χ0v) is 11.5. The van der Waals surface area contributed by atoms with E-state index in [-0.39, 0.29) is 12.2 Å². The summed E-state index contributed by atoms with van der Waals surface area (Å²) < 4.78 is 0. The standard InChI is InChI=1S/C13H10N4O6/c18-13(19)10-4-9(16(20)21)5-11(17(22)23)12(10)15-7-8-2-1-3-14-6-8/h1-6,15H,7H2,(H,18,19)/p-1. The van der Waals surface area contributed by atoms with Gasteiger partial charge in [-0.15, -0.1) is 0 Å². The van der Waals surface area contributed by atoms with Gasteiger partial charge in [-0.1, -0.05) is 6.07 Å². The Morgan fingerprint density at radius 1 is 1.22 bits per heavy atom. The highest BCUT2D eigenvalue weighted by molar-refractivity contribution is 5.96. The molecule has 2 aromatic rings. The highest BCUT2D eigenvalue weighted by Gasteiger charge is 2.24. The molecule has 0 aliphatic rings. The number of aromatic nitrogens is 1. The third kappa shape index (κ3) is 3.56. The number of rotatable bonds is 6. The Morgan fingerprint density at radius 3 is 2.48 bits per heavy atom. The third-order valence-electron chi connectivity index (χ3n) is 2.92. The molecule has 1 aromatic heterocycles. The summed E-state index contributed by atoms with van der Waals surface area (Å²) >= 11 is 0. The van der Waals surface area contributed by atoms with Crippen LogP contribution in [-0.4, -0.2) is 20.8 Å². The molecule has 0 spiro atoms. The molecule has 0 saturated carbocycles. The van der Waals surface area contributed by atoms with Gasteiger partial charge < -0.3 is 15.2 Å². The molecule has 0 fully saturated rings. The van der Waals surface area contributed by atoms with Crippen molar-refractivity contribution in [2.75, 3.05) is 5.32 Å². The number of nitrogens with zero attached hydrogens (tertiary/aromatic N) is 3. The summed E-state index contributed by atoms with van der Waals surface area (Å²) in [6, 6.07) is 4.72. The van der Waals surface area contributed by atoms with E-state index >= 15 is 0 Å². The summed E-state index contributed by atoms with van der Waals surface area (Å²) in [4.78, 5) is 35.1. The fraction of sp³-hybridized carbons (Fsp3) is 0.0769. The van der Waals surface area contributed by atoms with Gasteiger partial charge >= 0.3 is 0 Å². The van der Waals surface area contributed by atoms with Crippen LogP contribution in [0.1, 0.15) is 15.9 Å². The number of pyridine rings is 1. The van der Waals surface area contributed by atoms with E-state index in [0.717, 1.165) is 0 Å². The van der Waals surface area contributed by atoms with Crippen molar-refractivity contribution in [2.24, 2.45) is 0 Å².